The number of benzene rings is 2. The van der Waals surface area contributed by atoms with Gasteiger partial charge in [0.2, 0.25) is 0 Å². The van der Waals surface area contributed by atoms with Gasteiger partial charge in [-0.1, -0.05) is 24.3 Å². The van der Waals surface area contributed by atoms with Crippen LogP contribution in [0.15, 0.2) is 48.5 Å². The zero-order valence-corrected chi connectivity index (χ0v) is 18.0. The first-order valence-corrected chi connectivity index (χ1v) is 11.0. The molecule has 0 aliphatic carbocycles. The molecule has 2 fully saturated rings. The van der Waals surface area contributed by atoms with Crippen molar-refractivity contribution in [2.24, 2.45) is 0 Å². The van der Waals surface area contributed by atoms with E-state index >= 15 is 0 Å². The number of ether oxygens (including phenoxy) is 2. The number of hydrogen-bond acceptors (Lipinski definition) is 5. The predicted octanol–water partition coefficient (Wildman–Crippen LogP) is 3.46. The second kappa shape index (κ2) is 9.95. The lowest BCUT2D eigenvalue weighted by Gasteiger charge is -2.40. The molecule has 0 bridgehead atoms. The van der Waals surface area contributed by atoms with E-state index in [1.54, 1.807) is 0 Å². The van der Waals surface area contributed by atoms with Crippen molar-refractivity contribution in [3.63, 3.8) is 0 Å². The van der Waals surface area contributed by atoms with Crippen molar-refractivity contribution in [2.75, 3.05) is 32.8 Å². The molecule has 0 unspecified atom stereocenters. The fourth-order valence-corrected chi connectivity index (χ4v) is 4.30. The molecule has 2 aliphatic rings. The van der Waals surface area contributed by atoms with Crippen LogP contribution in [0.4, 0.5) is 0 Å². The first kappa shape index (κ1) is 21.4. The van der Waals surface area contributed by atoms with Crippen LogP contribution in [0.25, 0.3) is 0 Å². The van der Waals surface area contributed by atoms with Gasteiger partial charge in [0.25, 0.3) is 5.91 Å². The molecule has 2 saturated heterocycles. The fourth-order valence-electron chi connectivity index (χ4n) is 4.30. The molecule has 2 heterocycles. The normalized spacial score (nSPS) is 21.6. The Morgan fingerprint density at radius 2 is 2.00 bits per heavy atom. The highest BCUT2D eigenvalue weighted by Crippen LogP contribution is 2.24. The maximum Gasteiger partial charge on any atom is 0.257 e. The highest BCUT2D eigenvalue weighted by Gasteiger charge is 2.29. The third kappa shape index (κ3) is 5.25. The standard InChI is InChI=1S/C25H29N3O3/c1-19-16-27(17-21-10-8-20(15-26)9-11-21)12-13-28(19)25(29)23-6-2-3-7-24(23)31-18-22-5-4-14-30-22/h2-3,6-11,19,22H,4-5,12-14,16-18H2,1H3/t19-,22-/m1/s1. The molecule has 162 valence electrons. The number of carbonyl (C=O) groups excluding carboxylic acids is 1. The highest BCUT2D eigenvalue weighted by atomic mass is 16.5. The van der Waals surface area contributed by atoms with Gasteiger partial charge in [-0.15, -0.1) is 0 Å². The van der Waals surface area contributed by atoms with Crippen molar-refractivity contribution < 1.29 is 14.3 Å². The Morgan fingerprint density at radius 3 is 2.71 bits per heavy atom. The van der Waals surface area contributed by atoms with Crippen molar-refractivity contribution in [3.8, 4) is 11.8 Å². The van der Waals surface area contributed by atoms with Gasteiger partial charge in [0.15, 0.2) is 0 Å². The number of nitriles is 1. The molecule has 2 aromatic rings. The molecule has 6 heteroatoms. The minimum atomic E-state index is 0.0217. The Kier molecular flexibility index (Phi) is 6.86. The lowest BCUT2D eigenvalue weighted by Crippen LogP contribution is -2.53. The summed E-state index contributed by atoms with van der Waals surface area (Å²) in [6.07, 6.45) is 2.19. The number of rotatable bonds is 6. The summed E-state index contributed by atoms with van der Waals surface area (Å²) in [5.41, 5.74) is 2.47. The third-order valence-corrected chi connectivity index (χ3v) is 6.03. The van der Waals surface area contributed by atoms with E-state index in [0.717, 1.165) is 39.1 Å². The molecular weight excluding hydrogens is 390 g/mol. The Balaban J connectivity index is 1.37. The van der Waals surface area contributed by atoms with Gasteiger partial charge in [-0.25, -0.2) is 0 Å². The summed E-state index contributed by atoms with van der Waals surface area (Å²) in [5, 5.41) is 8.95. The van der Waals surface area contributed by atoms with Crippen LogP contribution >= 0.6 is 0 Å². The van der Waals surface area contributed by atoms with Gasteiger partial charge in [-0.3, -0.25) is 9.69 Å². The first-order valence-electron chi connectivity index (χ1n) is 11.0. The third-order valence-electron chi connectivity index (χ3n) is 6.03. The summed E-state index contributed by atoms with van der Waals surface area (Å²) in [6, 6.07) is 17.5. The van der Waals surface area contributed by atoms with Crippen LogP contribution in [-0.2, 0) is 11.3 Å². The smallest absolute Gasteiger partial charge is 0.257 e. The van der Waals surface area contributed by atoms with Crippen molar-refractivity contribution in [3.05, 3.63) is 65.2 Å². The van der Waals surface area contributed by atoms with Gasteiger partial charge < -0.3 is 14.4 Å². The lowest BCUT2D eigenvalue weighted by atomic mass is 10.1. The molecule has 2 aromatic carbocycles. The average molecular weight is 420 g/mol. The van der Waals surface area contributed by atoms with Crippen LogP contribution < -0.4 is 4.74 Å². The van der Waals surface area contributed by atoms with Gasteiger partial charge in [0.1, 0.15) is 12.4 Å². The van der Waals surface area contributed by atoms with E-state index in [9.17, 15) is 4.79 Å². The van der Waals surface area contributed by atoms with E-state index in [0.29, 0.717) is 30.0 Å². The summed E-state index contributed by atoms with van der Waals surface area (Å²) in [6.45, 7) is 6.49. The summed E-state index contributed by atoms with van der Waals surface area (Å²) < 4.78 is 11.6. The van der Waals surface area contributed by atoms with E-state index < -0.39 is 0 Å². The van der Waals surface area contributed by atoms with E-state index in [1.165, 1.54) is 5.56 Å². The van der Waals surface area contributed by atoms with Gasteiger partial charge in [-0.2, -0.15) is 5.26 Å². The van der Waals surface area contributed by atoms with Gasteiger partial charge in [0.05, 0.1) is 23.3 Å². The molecule has 1 amide bonds. The number of hydrogen-bond donors (Lipinski definition) is 0. The Hall–Kier alpha value is -2.88. The van der Waals surface area contributed by atoms with Crippen molar-refractivity contribution in [1.82, 2.24) is 9.80 Å². The number of para-hydroxylation sites is 1. The summed E-state index contributed by atoms with van der Waals surface area (Å²) >= 11 is 0. The van der Waals surface area contributed by atoms with Crippen LogP contribution in [0.2, 0.25) is 0 Å². The van der Waals surface area contributed by atoms with Crippen LogP contribution in [0.3, 0.4) is 0 Å². The average Bonchev–Trinajstić information content (AvgIpc) is 3.32. The van der Waals surface area contributed by atoms with E-state index in [1.807, 2.05) is 53.4 Å². The molecule has 31 heavy (non-hydrogen) atoms. The minimum Gasteiger partial charge on any atom is -0.490 e. The van der Waals surface area contributed by atoms with Crippen molar-refractivity contribution in [2.45, 2.75) is 38.5 Å². The van der Waals surface area contributed by atoms with E-state index in [4.69, 9.17) is 14.7 Å². The quantitative estimate of drug-likeness (QED) is 0.717. The van der Waals surface area contributed by atoms with E-state index in [-0.39, 0.29) is 18.1 Å². The van der Waals surface area contributed by atoms with Gasteiger partial charge in [-0.05, 0) is 49.6 Å². The molecule has 6 nitrogen and oxygen atoms in total. The highest BCUT2D eigenvalue weighted by molar-refractivity contribution is 5.97. The molecule has 0 spiro atoms. The topological polar surface area (TPSA) is 65.8 Å². The Bertz CT molecular complexity index is 932. The van der Waals surface area contributed by atoms with Crippen LogP contribution in [0, 0.1) is 11.3 Å². The maximum absolute atomic E-state index is 13.3. The SMILES string of the molecule is C[C@@H]1CN(Cc2ccc(C#N)cc2)CCN1C(=O)c1ccccc1OC[C@H]1CCCO1. The van der Waals surface area contributed by atoms with Crippen molar-refractivity contribution >= 4 is 5.91 Å². The predicted molar refractivity (Wildman–Crippen MR) is 118 cm³/mol. The largest absolute Gasteiger partial charge is 0.490 e. The summed E-state index contributed by atoms with van der Waals surface area (Å²) in [5.74, 6) is 0.656. The van der Waals surface area contributed by atoms with E-state index in [2.05, 4.69) is 17.9 Å². The zero-order chi connectivity index (χ0) is 21.6. The molecule has 0 N–H and O–H groups in total. The monoisotopic (exact) mass is 419 g/mol. The van der Waals surface area contributed by atoms with Crippen LogP contribution in [0.1, 0.15) is 41.3 Å². The number of carbonyl (C=O) groups is 1. The Morgan fingerprint density at radius 1 is 1.19 bits per heavy atom. The molecule has 2 atom stereocenters. The molecule has 4 rings (SSSR count). The molecule has 0 aromatic heterocycles. The number of amides is 1. The van der Waals surface area contributed by atoms with Gasteiger partial charge in [0, 0.05) is 38.8 Å². The second-order valence-electron chi connectivity index (χ2n) is 8.33. The molecular formula is C25H29N3O3. The summed E-state index contributed by atoms with van der Waals surface area (Å²) in [4.78, 5) is 17.6. The van der Waals surface area contributed by atoms with Crippen LogP contribution in [0.5, 0.6) is 5.75 Å². The zero-order valence-electron chi connectivity index (χ0n) is 18.0. The molecule has 0 radical (unpaired) electrons. The first-order chi connectivity index (χ1) is 15.1. The maximum atomic E-state index is 13.3. The second-order valence-corrected chi connectivity index (χ2v) is 8.33. The molecule has 2 aliphatic heterocycles. The molecule has 0 saturated carbocycles. The fraction of sp³-hybridized carbons (Fsp3) is 0.440. The number of nitrogens with zero attached hydrogens (tertiary/aromatic N) is 3. The summed E-state index contributed by atoms with van der Waals surface area (Å²) in [7, 11) is 0. The Labute approximate surface area is 184 Å². The lowest BCUT2D eigenvalue weighted by molar-refractivity contribution is 0.0461. The van der Waals surface area contributed by atoms with Gasteiger partial charge >= 0.3 is 0 Å². The number of piperazine rings is 1. The van der Waals surface area contributed by atoms with Crippen LogP contribution in [-0.4, -0.2) is 60.7 Å². The van der Waals surface area contributed by atoms with Crippen molar-refractivity contribution in [1.29, 1.82) is 5.26 Å². The minimum absolute atomic E-state index is 0.0217.